The molecule has 1 atom stereocenters. The van der Waals surface area contributed by atoms with E-state index in [0.717, 1.165) is 56.2 Å². The molecule has 2 aromatic heterocycles. The highest BCUT2D eigenvalue weighted by atomic mass is 35.5. The van der Waals surface area contributed by atoms with Crippen molar-refractivity contribution in [3.05, 3.63) is 112 Å². The van der Waals surface area contributed by atoms with E-state index < -0.39 is 0 Å². The highest BCUT2D eigenvalue weighted by Gasteiger charge is 2.20. The summed E-state index contributed by atoms with van der Waals surface area (Å²) in [5, 5.41) is 9.45. The van der Waals surface area contributed by atoms with Gasteiger partial charge in [0.1, 0.15) is 5.82 Å². The zero-order chi connectivity index (χ0) is 30.8. The van der Waals surface area contributed by atoms with Crippen LogP contribution >= 0.6 is 20.2 Å². The Balaban J connectivity index is 0.00000237. The average molecular weight is 602 g/mol. The first kappa shape index (κ1) is 33.3. The number of hydrogen-bond donors (Lipinski definition) is 1. The van der Waals surface area contributed by atoms with Crippen LogP contribution in [0.25, 0.3) is 27.6 Å². The summed E-state index contributed by atoms with van der Waals surface area (Å²) in [4.78, 5) is 9.51. The highest BCUT2D eigenvalue weighted by molar-refractivity contribution is 7.42. The number of rotatable bonds is 10. The van der Waals surface area contributed by atoms with E-state index in [1.165, 1.54) is 18.7 Å². The molecular formula is C36H42ClFN3P. The Morgan fingerprint density at radius 1 is 1.00 bits per heavy atom. The van der Waals surface area contributed by atoms with Gasteiger partial charge >= 0.3 is 0 Å². The van der Waals surface area contributed by atoms with Crippen molar-refractivity contribution in [1.82, 2.24) is 9.97 Å². The van der Waals surface area contributed by atoms with Crippen molar-refractivity contribution in [3.8, 4) is 0 Å². The maximum Gasteiger partial charge on any atom is 0.130 e. The molecular weight excluding hydrogens is 560 g/mol. The molecule has 1 N–H and O–H groups in total. The lowest BCUT2D eigenvalue weighted by molar-refractivity contribution is 0.624. The van der Waals surface area contributed by atoms with Gasteiger partial charge in [-0.1, -0.05) is 79.7 Å². The summed E-state index contributed by atoms with van der Waals surface area (Å²) in [6.07, 6.45) is 7.33. The molecule has 0 spiro atoms. The van der Waals surface area contributed by atoms with Crippen molar-refractivity contribution in [2.24, 2.45) is 5.92 Å². The normalized spacial score (nSPS) is 12.6. The van der Waals surface area contributed by atoms with Crippen LogP contribution in [0.5, 0.6) is 0 Å². The lowest BCUT2D eigenvalue weighted by Gasteiger charge is -2.19. The van der Waals surface area contributed by atoms with E-state index in [1.54, 1.807) is 18.3 Å². The van der Waals surface area contributed by atoms with Crippen LogP contribution in [0, 0.1) is 17.1 Å². The van der Waals surface area contributed by atoms with Crippen molar-refractivity contribution in [2.45, 2.75) is 60.8 Å². The second-order valence-electron chi connectivity index (χ2n) is 10.7. The third-order valence-electron chi connectivity index (χ3n) is 6.99. The summed E-state index contributed by atoms with van der Waals surface area (Å²) >= 11 is 6.30. The largest absolute Gasteiger partial charge is 0.308 e. The predicted molar refractivity (Wildman–Crippen MR) is 184 cm³/mol. The first-order valence-electron chi connectivity index (χ1n) is 14.7. The van der Waals surface area contributed by atoms with E-state index in [1.807, 2.05) is 45.2 Å². The van der Waals surface area contributed by atoms with Gasteiger partial charge in [-0.25, -0.2) is 4.39 Å². The Hall–Kier alpha value is -3.20. The van der Waals surface area contributed by atoms with E-state index in [2.05, 4.69) is 51.7 Å². The first-order chi connectivity index (χ1) is 20.2. The van der Waals surface area contributed by atoms with Crippen LogP contribution in [-0.2, 0) is 0 Å². The minimum absolute atomic E-state index is 0.223. The lowest BCUT2D eigenvalue weighted by atomic mass is 9.87. The zero-order valence-electron chi connectivity index (χ0n) is 25.7. The lowest BCUT2D eigenvalue weighted by Crippen LogP contribution is -2.03. The topological polar surface area (TPSA) is 49.6 Å². The zero-order valence-corrected chi connectivity index (χ0v) is 27.5. The van der Waals surface area contributed by atoms with E-state index in [9.17, 15) is 0 Å². The molecule has 0 radical (unpaired) electrons. The highest BCUT2D eigenvalue weighted by Crippen LogP contribution is 2.37. The van der Waals surface area contributed by atoms with Crippen molar-refractivity contribution in [1.29, 1.82) is 5.41 Å². The minimum atomic E-state index is -0.328. The van der Waals surface area contributed by atoms with Gasteiger partial charge in [0.05, 0.1) is 11.2 Å². The second kappa shape index (κ2) is 15.9. The third-order valence-corrected chi connectivity index (χ3v) is 8.32. The van der Waals surface area contributed by atoms with Gasteiger partial charge in [-0.2, -0.15) is 0 Å². The summed E-state index contributed by atoms with van der Waals surface area (Å²) < 4.78 is 15.1. The molecule has 42 heavy (non-hydrogen) atoms. The minimum Gasteiger partial charge on any atom is -0.308 e. The molecule has 0 bridgehead atoms. The first-order valence-corrected chi connectivity index (χ1v) is 16.3. The van der Waals surface area contributed by atoms with Gasteiger partial charge in [0, 0.05) is 51.3 Å². The van der Waals surface area contributed by atoms with Crippen LogP contribution < -0.4 is 0 Å². The maximum atomic E-state index is 15.1. The number of hydrogen-bond acceptors (Lipinski definition) is 3. The van der Waals surface area contributed by atoms with Crippen LogP contribution in [0.1, 0.15) is 88.8 Å². The van der Waals surface area contributed by atoms with Crippen LogP contribution in [0.4, 0.5) is 4.39 Å². The maximum absolute atomic E-state index is 15.1. The van der Waals surface area contributed by atoms with E-state index in [0.29, 0.717) is 25.1 Å². The average Bonchev–Trinajstić information content (AvgIpc) is 2.99. The van der Waals surface area contributed by atoms with Crippen LogP contribution in [-0.4, -0.2) is 22.3 Å². The van der Waals surface area contributed by atoms with E-state index in [4.69, 9.17) is 27.0 Å². The number of benzene rings is 2. The molecule has 220 valence electrons. The molecule has 1 unspecified atom stereocenters. The predicted octanol–water partition coefficient (Wildman–Crippen LogP) is 11.3. The van der Waals surface area contributed by atoms with Crippen LogP contribution in [0.3, 0.4) is 0 Å². The molecule has 4 aromatic rings. The molecule has 2 heterocycles. The molecule has 6 heteroatoms. The molecule has 4 rings (SSSR count). The fourth-order valence-corrected chi connectivity index (χ4v) is 6.28. The summed E-state index contributed by atoms with van der Waals surface area (Å²) in [7, 11) is 0.660. The smallest absolute Gasteiger partial charge is 0.130 e. The summed E-state index contributed by atoms with van der Waals surface area (Å²) in [6.45, 7) is 14.7. The van der Waals surface area contributed by atoms with Gasteiger partial charge < -0.3 is 5.41 Å². The van der Waals surface area contributed by atoms with E-state index >= 15 is 4.39 Å². The molecule has 0 aliphatic rings. The monoisotopic (exact) mass is 601 g/mol. The molecule has 0 aliphatic carbocycles. The molecule has 0 saturated carbocycles. The molecule has 2 aromatic carbocycles. The number of halogens is 2. The van der Waals surface area contributed by atoms with Crippen LogP contribution in [0.2, 0.25) is 5.02 Å². The summed E-state index contributed by atoms with van der Waals surface area (Å²) in [5.74, 6) is 2.72. The SMILES string of the molecule is C/C(=C(/c1ccc2ncc(/C(C=N)=C/PCCC(C)C)cc2c1)c1ncccc1C(C)C)c1cc(Cl)ccc1F.CC. The molecule has 0 saturated heterocycles. The number of pyridine rings is 2. The Labute approximate surface area is 257 Å². The van der Waals surface area contributed by atoms with Gasteiger partial charge in [0.25, 0.3) is 0 Å². The third kappa shape index (κ3) is 8.21. The van der Waals surface area contributed by atoms with Crippen molar-refractivity contribution in [2.75, 3.05) is 6.16 Å². The van der Waals surface area contributed by atoms with Gasteiger partial charge in [-0.15, -0.1) is 0 Å². The van der Waals surface area contributed by atoms with E-state index in [-0.39, 0.29) is 11.7 Å². The van der Waals surface area contributed by atoms with Gasteiger partial charge in [-0.3, -0.25) is 9.97 Å². The second-order valence-corrected chi connectivity index (χ2v) is 12.4. The quantitative estimate of drug-likeness (QED) is 0.0850. The van der Waals surface area contributed by atoms with Crippen molar-refractivity contribution in [3.63, 3.8) is 0 Å². The van der Waals surface area contributed by atoms with Gasteiger partial charge in [-0.05, 0) is 90.5 Å². The van der Waals surface area contributed by atoms with Crippen molar-refractivity contribution >= 4 is 54.0 Å². The standard InChI is InChI=1S/C34H36ClFN3P.C2H6/c1-21(2)12-14-40-20-27(18-37)26-16-25-15-24(8-11-32(25)39-19-26)33(34-29(22(3)4)7-6-13-38-34)23(5)30-17-28(35)9-10-31(30)36;1-2/h6-11,13,15-22,37,40H,12,14H2,1-5H3;1-2H3/b27-20+,33-23+,37-18?;. The summed E-state index contributed by atoms with van der Waals surface area (Å²) in [5.41, 5.74) is 7.55. The fraction of sp³-hybridized carbons (Fsp3) is 0.306. The number of fused-ring (bicyclic) bond motifs is 1. The Bertz CT molecular complexity index is 1590. The Kier molecular flexibility index (Phi) is 12.6. The molecule has 0 amide bonds. The Morgan fingerprint density at radius 3 is 2.43 bits per heavy atom. The molecule has 3 nitrogen and oxygen atoms in total. The van der Waals surface area contributed by atoms with Gasteiger partial charge in [0.2, 0.25) is 0 Å². The molecule has 0 fully saturated rings. The molecule has 0 aliphatic heterocycles. The number of nitrogens with zero attached hydrogens (tertiary/aromatic N) is 2. The number of nitrogens with one attached hydrogen (secondary N) is 1. The number of aromatic nitrogens is 2. The van der Waals surface area contributed by atoms with Gasteiger partial charge in [0.15, 0.2) is 0 Å². The summed E-state index contributed by atoms with van der Waals surface area (Å²) in [6, 6.07) is 16.9. The Morgan fingerprint density at radius 2 is 1.74 bits per heavy atom. The fourth-order valence-electron chi connectivity index (χ4n) is 4.75. The number of allylic oxidation sites excluding steroid dienone is 2. The van der Waals surface area contributed by atoms with Crippen LogP contribution in [0.15, 0.2) is 72.8 Å². The van der Waals surface area contributed by atoms with Crippen molar-refractivity contribution < 1.29 is 4.39 Å².